The van der Waals surface area contributed by atoms with Gasteiger partial charge >= 0.3 is 0 Å². The molecule has 0 aromatic heterocycles. The molecule has 1 aromatic carbocycles. The Morgan fingerprint density at radius 2 is 1.85 bits per heavy atom. The highest BCUT2D eigenvalue weighted by Gasteiger charge is 2.29. The van der Waals surface area contributed by atoms with Crippen molar-refractivity contribution in [2.24, 2.45) is 5.92 Å². The molecule has 1 aromatic rings. The van der Waals surface area contributed by atoms with Gasteiger partial charge in [-0.05, 0) is 49.2 Å². The summed E-state index contributed by atoms with van der Waals surface area (Å²) in [6.45, 7) is 13.9. The van der Waals surface area contributed by atoms with Crippen molar-refractivity contribution >= 4 is 21.6 Å². The zero-order valence-electron chi connectivity index (χ0n) is 17.2. The number of likely N-dealkylation sites (N-methyl/N-ethyl adjacent to an activating group) is 1. The maximum atomic E-state index is 13.3. The largest absolute Gasteiger partial charge is 0.312 e. The van der Waals surface area contributed by atoms with E-state index in [2.05, 4.69) is 18.7 Å². The van der Waals surface area contributed by atoms with Gasteiger partial charge in [0.15, 0.2) is 0 Å². The van der Waals surface area contributed by atoms with Crippen molar-refractivity contribution in [3.8, 4) is 0 Å². The van der Waals surface area contributed by atoms with E-state index in [9.17, 15) is 13.2 Å². The zero-order valence-corrected chi connectivity index (χ0v) is 18.1. The molecule has 0 atom stereocenters. The van der Waals surface area contributed by atoms with Crippen LogP contribution in [-0.2, 0) is 21.2 Å². The number of fused-ring (bicyclic) bond motifs is 1. The van der Waals surface area contributed by atoms with Gasteiger partial charge in [-0.2, -0.15) is 4.31 Å². The summed E-state index contributed by atoms with van der Waals surface area (Å²) in [6.07, 6.45) is 0.696. The van der Waals surface area contributed by atoms with Gasteiger partial charge in [0.25, 0.3) is 0 Å². The van der Waals surface area contributed by atoms with E-state index >= 15 is 0 Å². The highest BCUT2D eigenvalue weighted by Crippen LogP contribution is 2.31. The standard InChI is InChI=1S/C20H33N3O3S/c1-6-21(7-2)12-13-22(15-16(3)4)27(25,26)19-8-9-20-18(14-19)10-11-23(20)17(5)24/h8-9,14,16H,6-7,10-13,15H2,1-5H3. The molecule has 0 aliphatic carbocycles. The topological polar surface area (TPSA) is 60.9 Å². The maximum absolute atomic E-state index is 13.3. The van der Waals surface area contributed by atoms with Crippen LogP contribution < -0.4 is 4.90 Å². The van der Waals surface area contributed by atoms with Gasteiger partial charge in [-0.15, -0.1) is 0 Å². The second-order valence-corrected chi connectivity index (χ2v) is 9.43. The van der Waals surface area contributed by atoms with Crippen LogP contribution >= 0.6 is 0 Å². The first-order valence-corrected chi connectivity index (χ1v) is 11.3. The van der Waals surface area contributed by atoms with Crippen LogP contribution in [0.1, 0.15) is 40.2 Å². The average Bonchev–Trinajstić information content (AvgIpc) is 3.04. The molecule has 1 aliphatic heterocycles. The summed E-state index contributed by atoms with van der Waals surface area (Å²) < 4.78 is 28.2. The van der Waals surface area contributed by atoms with Gasteiger partial charge in [-0.25, -0.2) is 8.42 Å². The highest BCUT2D eigenvalue weighted by atomic mass is 32.2. The molecule has 27 heavy (non-hydrogen) atoms. The third kappa shape index (κ3) is 5.09. The molecule has 0 saturated heterocycles. The van der Waals surface area contributed by atoms with Crippen LogP contribution in [0.25, 0.3) is 0 Å². The number of amides is 1. The lowest BCUT2D eigenvalue weighted by Gasteiger charge is -2.27. The van der Waals surface area contributed by atoms with Gasteiger partial charge in [0.05, 0.1) is 4.90 Å². The summed E-state index contributed by atoms with van der Waals surface area (Å²) in [4.78, 5) is 16.0. The average molecular weight is 396 g/mol. The second-order valence-electron chi connectivity index (χ2n) is 7.49. The van der Waals surface area contributed by atoms with Crippen LogP contribution in [0.15, 0.2) is 23.1 Å². The fourth-order valence-electron chi connectivity index (χ4n) is 3.52. The number of anilines is 1. The van der Waals surface area contributed by atoms with E-state index in [1.807, 2.05) is 13.8 Å². The van der Waals surface area contributed by atoms with E-state index in [0.717, 1.165) is 30.9 Å². The quantitative estimate of drug-likeness (QED) is 0.645. The summed E-state index contributed by atoms with van der Waals surface area (Å²) >= 11 is 0. The molecular formula is C20H33N3O3S. The second kappa shape index (κ2) is 9.17. The van der Waals surface area contributed by atoms with Crippen LogP contribution in [0, 0.1) is 5.92 Å². The van der Waals surface area contributed by atoms with Crippen LogP contribution in [-0.4, -0.2) is 62.8 Å². The van der Waals surface area contributed by atoms with Crippen molar-refractivity contribution in [2.75, 3.05) is 44.2 Å². The molecule has 0 N–H and O–H groups in total. The van der Waals surface area contributed by atoms with Crippen molar-refractivity contribution in [3.63, 3.8) is 0 Å². The molecule has 0 radical (unpaired) electrons. The Bertz CT molecular complexity index is 758. The molecule has 6 nitrogen and oxygen atoms in total. The van der Waals surface area contributed by atoms with E-state index in [4.69, 9.17) is 0 Å². The normalized spacial score (nSPS) is 14.4. The SMILES string of the molecule is CCN(CC)CCN(CC(C)C)S(=O)(=O)c1ccc2c(c1)CCN2C(C)=O. The molecule has 152 valence electrons. The summed E-state index contributed by atoms with van der Waals surface area (Å²) in [5.41, 5.74) is 1.76. The summed E-state index contributed by atoms with van der Waals surface area (Å²) in [7, 11) is -3.56. The first-order chi connectivity index (χ1) is 12.7. The number of carbonyl (C=O) groups excluding carboxylic acids is 1. The van der Waals surface area contributed by atoms with E-state index in [1.54, 1.807) is 27.4 Å². The lowest BCUT2D eigenvalue weighted by Crippen LogP contribution is -2.40. The number of hydrogen-bond acceptors (Lipinski definition) is 4. The van der Waals surface area contributed by atoms with Crippen LogP contribution in [0.4, 0.5) is 5.69 Å². The maximum Gasteiger partial charge on any atom is 0.243 e. The van der Waals surface area contributed by atoms with Crippen molar-refractivity contribution in [2.45, 2.75) is 45.9 Å². The Hall–Kier alpha value is -1.44. The van der Waals surface area contributed by atoms with E-state index < -0.39 is 10.0 Å². The van der Waals surface area contributed by atoms with Crippen molar-refractivity contribution in [1.82, 2.24) is 9.21 Å². The Balaban J connectivity index is 2.28. The molecular weight excluding hydrogens is 362 g/mol. The van der Waals surface area contributed by atoms with Gasteiger partial charge in [0, 0.05) is 38.8 Å². The minimum atomic E-state index is -3.56. The number of carbonyl (C=O) groups is 1. The lowest BCUT2D eigenvalue weighted by molar-refractivity contribution is -0.116. The molecule has 0 unspecified atom stereocenters. The number of nitrogens with zero attached hydrogens (tertiary/aromatic N) is 3. The third-order valence-electron chi connectivity index (χ3n) is 5.09. The zero-order chi connectivity index (χ0) is 20.2. The third-order valence-corrected chi connectivity index (χ3v) is 6.95. The minimum absolute atomic E-state index is 0.00925. The van der Waals surface area contributed by atoms with Gasteiger partial charge in [0.1, 0.15) is 0 Å². The Kier molecular flexibility index (Phi) is 7.42. The Morgan fingerprint density at radius 1 is 1.19 bits per heavy atom. The number of sulfonamides is 1. The van der Waals surface area contributed by atoms with Crippen LogP contribution in [0.2, 0.25) is 0 Å². The minimum Gasteiger partial charge on any atom is -0.312 e. The van der Waals surface area contributed by atoms with E-state index in [-0.39, 0.29) is 11.8 Å². The van der Waals surface area contributed by atoms with Crippen LogP contribution in [0.5, 0.6) is 0 Å². The van der Waals surface area contributed by atoms with Crippen molar-refractivity contribution in [1.29, 1.82) is 0 Å². The molecule has 0 saturated carbocycles. The number of rotatable bonds is 9. The van der Waals surface area contributed by atoms with E-state index in [0.29, 0.717) is 31.0 Å². The van der Waals surface area contributed by atoms with Gasteiger partial charge in [-0.1, -0.05) is 27.7 Å². The summed E-state index contributed by atoms with van der Waals surface area (Å²) in [6, 6.07) is 5.16. The van der Waals surface area contributed by atoms with Gasteiger partial charge in [-0.3, -0.25) is 4.79 Å². The summed E-state index contributed by atoms with van der Waals surface area (Å²) in [5.74, 6) is 0.240. The molecule has 0 spiro atoms. The number of benzene rings is 1. The molecule has 7 heteroatoms. The fourth-order valence-corrected chi connectivity index (χ4v) is 5.17. The lowest BCUT2D eigenvalue weighted by atomic mass is 10.2. The first kappa shape index (κ1) is 21.9. The molecule has 1 amide bonds. The Morgan fingerprint density at radius 3 is 2.41 bits per heavy atom. The van der Waals surface area contributed by atoms with Crippen LogP contribution in [0.3, 0.4) is 0 Å². The van der Waals surface area contributed by atoms with Gasteiger partial charge in [0.2, 0.25) is 15.9 Å². The smallest absolute Gasteiger partial charge is 0.243 e. The Labute approximate surface area is 164 Å². The van der Waals surface area contributed by atoms with Crippen molar-refractivity contribution < 1.29 is 13.2 Å². The molecule has 1 aliphatic rings. The fraction of sp³-hybridized carbons (Fsp3) is 0.650. The molecule has 1 heterocycles. The monoisotopic (exact) mass is 395 g/mol. The van der Waals surface area contributed by atoms with Crippen molar-refractivity contribution in [3.05, 3.63) is 23.8 Å². The number of hydrogen-bond donors (Lipinski definition) is 0. The predicted octanol–water partition coefficient (Wildman–Crippen LogP) is 2.58. The molecule has 0 fully saturated rings. The summed E-state index contributed by atoms with van der Waals surface area (Å²) in [5, 5.41) is 0. The highest BCUT2D eigenvalue weighted by molar-refractivity contribution is 7.89. The predicted molar refractivity (Wildman–Crippen MR) is 110 cm³/mol. The van der Waals surface area contributed by atoms with Gasteiger partial charge < -0.3 is 9.80 Å². The van der Waals surface area contributed by atoms with E-state index in [1.165, 1.54) is 6.92 Å². The molecule has 2 rings (SSSR count). The molecule has 0 bridgehead atoms. The first-order valence-electron chi connectivity index (χ1n) is 9.84.